The zero-order valence-electron chi connectivity index (χ0n) is 9.12. The topological polar surface area (TPSA) is 124 Å². The van der Waals surface area contributed by atoms with Crippen molar-refractivity contribution in [2.75, 3.05) is 13.1 Å². The van der Waals surface area contributed by atoms with E-state index in [1.54, 1.807) is 0 Å². The molecular weight excluding hydrogens is 228 g/mol. The Morgan fingerprint density at radius 2 is 1.82 bits per heavy atom. The van der Waals surface area contributed by atoms with Crippen LogP contribution in [0, 0.1) is 0 Å². The largest absolute Gasteiger partial charge is 0.355 e. The van der Waals surface area contributed by atoms with Crippen molar-refractivity contribution in [1.29, 1.82) is 0 Å². The Morgan fingerprint density at radius 3 is 2.41 bits per heavy atom. The molecule has 0 radical (unpaired) electrons. The molecule has 0 bridgehead atoms. The summed E-state index contributed by atoms with van der Waals surface area (Å²) in [6, 6.07) is 0.981. The molecule has 92 valence electrons. The zero-order valence-corrected chi connectivity index (χ0v) is 9.12. The molecule has 0 aliphatic rings. The van der Waals surface area contributed by atoms with Crippen LogP contribution in [0.25, 0.3) is 0 Å². The van der Waals surface area contributed by atoms with Crippen LogP contribution in [0.15, 0.2) is 15.7 Å². The van der Waals surface area contributed by atoms with Gasteiger partial charge >= 0.3 is 5.69 Å². The Morgan fingerprint density at radius 1 is 1.18 bits per heavy atom. The third-order valence-electron chi connectivity index (χ3n) is 1.79. The van der Waals surface area contributed by atoms with Crippen molar-refractivity contribution >= 4 is 11.8 Å². The number of rotatable bonds is 4. The summed E-state index contributed by atoms with van der Waals surface area (Å²) in [4.78, 5) is 47.9. The van der Waals surface area contributed by atoms with E-state index >= 15 is 0 Å². The van der Waals surface area contributed by atoms with Crippen molar-refractivity contribution in [2.24, 2.45) is 0 Å². The zero-order chi connectivity index (χ0) is 12.8. The second kappa shape index (κ2) is 5.64. The summed E-state index contributed by atoms with van der Waals surface area (Å²) >= 11 is 0. The van der Waals surface area contributed by atoms with Gasteiger partial charge in [-0.2, -0.15) is 0 Å². The van der Waals surface area contributed by atoms with Crippen LogP contribution in [0.5, 0.6) is 0 Å². The summed E-state index contributed by atoms with van der Waals surface area (Å²) in [6.45, 7) is 1.83. The number of amides is 2. The fourth-order valence-corrected chi connectivity index (χ4v) is 1.10. The first kappa shape index (κ1) is 12.7. The summed E-state index contributed by atoms with van der Waals surface area (Å²) in [6.07, 6.45) is 0. The molecule has 1 aromatic rings. The van der Waals surface area contributed by atoms with Crippen LogP contribution >= 0.6 is 0 Å². The van der Waals surface area contributed by atoms with E-state index in [-0.39, 0.29) is 24.7 Å². The number of hydrogen-bond acceptors (Lipinski definition) is 4. The number of H-pyrrole nitrogens is 2. The van der Waals surface area contributed by atoms with E-state index in [1.807, 2.05) is 4.98 Å². The van der Waals surface area contributed by atoms with E-state index in [0.717, 1.165) is 6.07 Å². The minimum Gasteiger partial charge on any atom is -0.355 e. The fourth-order valence-electron chi connectivity index (χ4n) is 1.10. The standard InChI is InChI=1S/C9H12N4O4/c1-5(14)10-2-3-11-8(16)6-4-7(15)13-9(17)12-6/h4H,2-3H2,1H3,(H,10,14)(H,11,16)(H2,12,13,15,17). The van der Waals surface area contributed by atoms with Crippen molar-refractivity contribution < 1.29 is 9.59 Å². The number of nitrogens with one attached hydrogen (secondary N) is 4. The molecule has 1 rings (SSSR count). The van der Waals surface area contributed by atoms with Crippen LogP contribution in [0.3, 0.4) is 0 Å². The number of carbonyl (C=O) groups is 2. The SMILES string of the molecule is CC(=O)NCCNC(=O)c1cc(=O)[nH]c(=O)[nH]1. The molecule has 0 saturated heterocycles. The molecule has 0 aliphatic heterocycles. The molecule has 8 nitrogen and oxygen atoms in total. The summed E-state index contributed by atoms with van der Waals surface area (Å²) < 4.78 is 0. The first-order chi connectivity index (χ1) is 7.99. The van der Waals surface area contributed by atoms with Gasteiger partial charge in [-0.25, -0.2) is 4.79 Å². The van der Waals surface area contributed by atoms with Gasteiger partial charge < -0.3 is 15.6 Å². The molecule has 0 fully saturated rings. The highest BCUT2D eigenvalue weighted by Crippen LogP contribution is 1.83. The Kier molecular flexibility index (Phi) is 4.21. The second-order valence-electron chi connectivity index (χ2n) is 3.24. The molecular formula is C9H12N4O4. The fraction of sp³-hybridized carbons (Fsp3) is 0.333. The van der Waals surface area contributed by atoms with Gasteiger partial charge in [0.2, 0.25) is 5.91 Å². The van der Waals surface area contributed by atoms with Crippen molar-refractivity contribution in [3.05, 3.63) is 32.6 Å². The summed E-state index contributed by atoms with van der Waals surface area (Å²) in [5.41, 5.74) is -1.52. The van der Waals surface area contributed by atoms with Crippen molar-refractivity contribution in [3.63, 3.8) is 0 Å². The highest BCUT2D eigenvalue weighted by atomic mass is 16.2. The van der Waals surface area contributed by atoms with Crippen LogP contribution in [0.4, 0.5) is 0 Å². The van der Waals surface area contributed by atoms with Gasteiger partial charge in [-0.1, -0.05) is 0 Å². The lowest BCUT2D eigenvalue weighted by molar-refractivity contribution is -0.118. The lowest BCUT2D eigenvalue weighted by Crippen LogP contribution is -2.36. The van der Waals surface area contributed by atoms with Crippen molar-refractivity contribution in [2.45, 2.75) is 6.92 Å². The molecule has 0 unspecified atom stereocenters. The monoisotopic (exact) mass is 240 g/mol. The maximum absolute atomic E-state index is 11.4. The Bertz CT molecular complexity index is 502. The van der Waals surface area contributed by atoms with E-state index in [4.69, 9.17) is 0 Å². The number of carbonyl (C=O) groups excluding carboxylic acids is 2. The number of hydrogen-bond donors (Lipinski definition) is 4. The molecule has 4 N–H and O–H groups in total. The lowest BCUT2D eigenvalue weighted by Gasteiger charge is -2.04. The van der Waals surface area contributed by atoms with Gasteiger partial charge in [0, 0.05) is 26.1 Å². The minimum atomic E-state index is -0.746. The predicted octanol–water partition coefficient (Wildman–Crippen LogP) is -2.07. The molecule has 0 atom stereocenters. The van der Waals surface area contributed by atoms with Gasteiger partial charge in [0.05, 0.1) is 0 Å². The molecule has 8 heteroatoms. The van der Waals surface area contributed by atoms with Crippen LogP contribution < -0.4 is 21.9 Å². The van der Waals surface area contributed by atoms with Crippen LogP contribution in [0.1, 0.15) is 17.4 Å². The third-order valence-corrected chi connectivity index (χ3v) is 1.79. The van der Waals surface area contributed by atoms with Crippen LogP contribution in [-0.2, 0) is 4.79 Å². The average Bonchev–Trinajstić information content (AvgIpc) is 2.22. The van der Waals surface area contributed by atoms with E-state index in [0.29, 0.717) is 0 Å². The molecule has 0 aliphatic carbocycles. The van der Waals surface area contributed by atoms with E-state index in [9.17, 15) is 19.2 Å². The van der Waals surface area contributed by atoms with E-state index in [1.165, 1.54) is 6.92 Å². The molecule has 1 heterocycles. The van der Waals surface area contributed by atoms with E-state index in [2.05, 4.69) is 15.6 Å². The summed E-state index contributed by atoms with van der Waals surface area (Å²) in [5.74, 6) is -0.789. The lowest BCUT2D eigenvalue weighted by atomic mass is 10.4. The first-order valence-electron chi connectivity index (χ1n) is 4.85. The van der Waals surface area contributed by atoms with Crippen molar-refractivity contribution in [1.82, 2.24) is 20.6 Å². The van der Waals surface area contributed by atoms with Gasteiger partial charge in [0.25, 0.3) is 11.5 Å². The van der Waals surface area contributed by atoms with Crippen molar-refractivity contribution in [3.8, 4) is 0 Å². The minimum absolute atomic E-state index is 0.124. The highest BCUT2D eigenvalue weighted by molar-refractivity contribution is 5.92. The molecule has 0 aromatic carbocycles. The molecule has 0 spiro atoms. The Balaban J connectivity index is 2.55. The van der Waals surface area contributed by atoms with Gasteiger partial charge in [0.1, 0.15) is 5.69 Å². The normalized spacial score (nSPS) is 9.71. The molecule has 2 amide bonds. The molecule has 17 heavy (non-hydrogen) atoms. The average molecular weight is 240 g/mol. The summed E-state index contributed by atoms with van der Waals surface area (Å²) in [5, 5.41) is 4.91. The predicted molar refractivity (Wildman–Crippen MR) is 58.7 cm³/mol. The summed E-state index contributed by atoms with van der Waals surface area (Å²) in [7, 11) is 0. The Hall–Kier alpha value is -2.38. The van der Waals surface area contributed by atoms with Crippen LogP contribution in [-0.4, -0.2) is 34.9 Å². The van der Waals surface area contributed by atoms with E-state index < -0.39 is 17.2 Å². The van der Waals surface area contributed by atoms with Gasteiger partial charge in [0.15, 0.2) is 0 Å². The maximum Gasteiger partial charge on any atom is 0.326 e. The third kappa shape index (κ3) is 4.33. The number of aromatic nitrogens is 2. The molecule has 0 saturated carbocycles. The van der Waals surface area contributed by atoms with Crippen LogP contribution in [0.2, 0.25) is 0 Å². The van der Waals surface area contributed by atoms with Gasteiger partial charge in [-0.15, -0.1) is 0 Å². The molecule has 1 aromatic heterocycles. The van der Waals surface area contributed by atoms with Gasteiger partial charge in [-0.05, 0) is 0 Å². The number of aromatic amines is 2. The highest BCUT2D eigenvalue weighted by Gasteiger charge is 2.06. The maximum atomic E-state index is 11.4. The van der Waals surface area contributed by atoms with Gasteiger partial charge in [-0.3, -0.25) is 19.4 Å². The quantitative estimate of drug-likeness (QED) is 0.451. The Labute approximate surface area is 95.4 Å². The second-order valence-corrected chi connectivity index (χ2v) is 3.24. The first-order valence-corrected chi connectivity index (χ1v) is 4.85. The smallest absolute Gasteiger partial charge is 0.326 e.